The van der Waals surface area contributed by atoms with Crippen LogP contribution in [0.3, 0.4) is 0 Å². The summed E-state index contributed by atoms with van der Waals surface area (Å²) in [5, 5.41) is 8.72. The number of rotatable bonds is 2. The number of carbonyl (C=O) groups excluding carboxylic acids is 2. The van der Waals surface area contributed by atoms with Gasteiger partial charge in [-0.2, -0.15) is 5.26 Å². The highest BCUT2D eigenvalue weighted by atomic mass is 16.2. The Hall–Kier alpha value is -2.35. The number of benzene rings is 1. The zero-order valence-electron chi connectivity index (χ0n) is 10.5. The maximum atomic E-state index is 12.3. The van der Waals surface area contributed by atoms with E-state index in [0.29, 0.717) is 24.1 Å². The van der Waals surface area contributed by atoms with E-state index in [2.05, 4.69) is 0 Å². The van der Waals surface area contributed by atoms with Crippen LogP contribution in [-0.2, 0) is 4.79 Å². The van der Waals surface area contributed by atoms with Crippen molar-refractivity contribution < 1.29 is 9.59 Å². The maximum Gasteiger partial charge on any atom is 0.254 e. The highest BCUT2D eigenvalue weighted by Crippen LogP contribution is 2.19. The smallest absolute Gasteiger partial charge is 0.254 e. The average Bonchev–Trinajstić information content (AvgIpc) is 2.46. The lowest BCUT2D eigenvalue weighted by Crippen LogP contribution is -2.50. The minimum atomic E-state index is -0.517. The minimum absolute atomic E-state index is 0.201. The predicted molar refractivity (Wildman–Crippen MR) is 69.0 cm³/mol. The topological polar surface area (TPSA) is 87.2 Å². The second-order valence-electron chi connectivity index (χ2n) is 4.60. The summed E-state index contributed by atoms with van der Waals surface area (Å²) in [7, 11) is 0. The number of carbonyl (C=O) groups is 2. The van der Waals surface area contributed by atoms with Gasteiger partial charge in [-0.15, -0.1) is 0 Å². The molecule has 98 valence electrons. The molecule has 1 aliphatic rings. The minimum Gasteiger partial charge on any atom is -0.368 e. The molecule has 5 heteroatoms. The van der Waals surface area contributed by atoms with Gasteiger partial charge in [0, 0.05) is 12.1 Å². The first-order valence-corrected chi connectivity index (χ1v) is 6.24. The summed E-state index contributed by atoms with van der Waals surface area (Å²) in [4.78, 5) is 25.3. The molecule has 1 heterocycles. The summed E-state index contributed by atoms with van der Waals surface area (Å²) < 4.78 is 0. The van der Waals surface area contributed by atoms with Gasteiger partial charge in [0.2, 0.25) is 5.91 Å². The van der Waals surface area contributed by atoms with Crippen LogP contribution < -0.4 is 5.73 Å². The Morgan fingerprint density at radius 1 is 1.26 bits per heavy atom. The SMILES string of the molecule is N#Cc1ccc(C(=O)N2CCCCC2C(N)=O)cc1. The first-order valence-electron chi connectivity index (χ1n) is 6.24. The molecule has 1 aliphatic heterocycles. The molecule has 0 bridgehead atoms. The molecular weight excluding hydrogens is 242 g/mol. The van der Waals surface area contributed by atoms with Crippen LogP contribution in [-0.4, -0.2) is 29.3 Å². The van der Waals surface area contributed by atoms with Gasteiger partial charge in [-0.1, -0.05) is 0 Å². The van der Waals surface area contributed by atoms with Crippen molar-refractivity contribution >= 4 is 11.8 Å². The molecule has 1 fully saturated rings. The molecule has 1 saturated heterocycles. The Bertz CT molecular complexity index is 531. The van der Waals surface area contributed by atoms with Crippen LogP contribution in [0.15, 0.2) is 24.3 Å². The van der Waals surface area contributed by atoms with E-state index >= 15 is 0 Å². The number of hydrogen-bond acceptors (Lipinski definition) is 3. The van der Waals surface area contributed by atoms with Crippen molar-refractivity contribution in [3.8, 4) is 6.07 Å². The first-order chi connectivity index (χ1) is 9.13. The number of nitriles is 1. The Labute approximate surface area is 111 Å². The standard InChI is InChI=1S/C14H15N3O2/c15-9-10-4-6-11(7-5-10)14(19)17-8-2-1-3-12(17)13(16)18/h4-7,12H,1-3,8H2,(H2,16,18). The lowest BCUT2D eigenvalue weighted by molar-refractivity contribution is -0.123. The molecule has 2 N–H and O–H groups in total. The van der Waals surface area contributed by atoms with Gasteiger partial charge in [0.25, 0.3) is 5.91 Å². The lowest BCUT2D eigenvalue weighted by atomic mass is 10.00. The fourth-order valence-electron chi connectivity index (χ4n) is 2.32. The quantitative estimate of drug-likeness (QED) is 0.858. The van der Waals surface area contributed by atoms with Crippen molar-refractivity contribution in [2.75, 3.05) is 6.54 Å². The van der Waals surface area contributed by atoms with E-state index in [0.717, 1.165) is 12.8 Å². The van der Waals surface area contributed by atoms with Crippen LogP contribution in [0.5, 0.6) is 0 Å². The molecule has 2 amide bonds. The summed E-state index contributed by atoms with van der Waals surface area (Å²) in [5.74, 6) is -0.658. The van der Waals surface area contributed by atoms with Gasteiger partial charge in [0.05, 0.1) is 11.6 Å². The summed E-state index contributed by atoms with van der Waals surface area (Å²) in [6, 6.07) is 7.88. The number of nitrogens with zero attached hydrogens (tertiary/aromatic N) is 2. The molecule has 1 unspecified atom stereocenters. The number of piperidine rings is 1. The van der Waals surface area contributed by atoms with Gasteiger partial charge in [0.15, 0.2) is 0 Å². The van der Waals surface area contributed by atoms with Crippen LogP contribution in [0.4, 0.5) is 0 Å². The Morgan fingerprint density at radius 2 is 1.95 bits per heavy atom. The molecule has 5 nitrogen and oxygen atoms in total. The first kappa shape index (κ1) is 13.1. The highest BCUT2D eigenvalue weighted by molar-refractivity contribution is 5.97. The molecule has 0 spiro atoms. The Kier molecular flexibility index (Phi) is 3.81. The fraction of sp³-hybridized carbons (Fsp3) is 0.357. The number of nitrogens with two attached hydrogens (primary N) is 1. The number of hydrogen-bond donors (Lipinski definition) is 1. The highest BCUT2D eigenvalue weighted by Gasteiger charge is 2.30. The summed E-state index contributed by atoms with van der Waals surface area (Å²) in [6.07, 6.45) is 2.41. The van der Waals surface area contributed by atoms with Gasteiger partial charge >= 0.3 is 0 Å². The van der Waals surface area contributed by atoms with Crippen LogP contribution in [0.25, 0.3) is 0 Å². The van der Waals surface area contributed by atoms with E-state index in [1.54, 1.807) is 24.3 Å². The van der Waals surface area contributed by atoms with Gasteiger partial charge in [-0.3, -0.25) is 9.59 Å². The molecule has 1 atom stereocenters. The van der Waals surface area contributed by atoms with Crippen LogP contribution >= 0.6 is 0 Å². The van der Waals surface area contributed by atoms with Crippen LogP contribution in [0.2, 0.25) is 0 Å². The molecule has 19 heavy (non-hydrogen) atoms. The molecule has 0 saturated carbocycles. The lowest BCUT2D eigenvalue weighted by Gasteiger charge is -2.33. The predicted octanol–water partition coefficient (Wildman–Crippen LogP) is 1.04. The van der Waals surface area contributed by atoms with Crippen molar-refractivity contribution in [3.05, 3.63) is 35.4 Å². The van der Waals surface area contributed by atoms with Crippen molar-refractivity contribution in [2.45, 2.75) is 25.3 Å². The molecule has 0 aromatic heterocycles. The number of primary amides is 1. The average molecular weight is 257 g/mol. The normalized spacial score (nSPS) is 18.7. The van der Waals surface area contributed by atoms with E-state index in [1.165, 1.54) is 4.90 Å². The van der Waals surface area contributed by atoms with E-state index < -0.39 is 11.9 Å². The second kappa shape index (κ2) is 5.53. The molecule has 1 aromatic rings. The zero-order chi connectivity index (χ0) is 13.8. The van der Waals surface area contributed by atoms with E-state index in [1.807, 2.05) is 6.07 Å². The largest absolute Gasteiger partial charge is 0.368 e. The molecule has 1 aromatic carbocycles. The van der Waals surface area contributed by atoms with Crippen molar-refractivity contribution in [3.63, 3.8) is 0 Å². The summed E-state index contributed by atoms with van der Waals surface area (Å²) in [5.41, 5.74) is 6.32. The third-order valence-corrected chi connectivity index (χ3v) is 3.35. The maximum absolute atomic E-state index is 12.3. The van der Waals surface area contributed by atoms with Gasteiger partial charge in [-0.05, 0) is 43.5 Å². The Morgan fingerprint density at radius 3 is 2.53 bits per heavy atom. The Balaban J connectivity index is 2.21. The number of amides is 2. The number of likely N-dealkylation sites (tertiary alicyclic amines) is 1. The van der Waals surface area contributed by atoms with E-state index in [-0.39, 0.29) is 5.91 Å². The second-order valence-corrected chi connectivity index (χ2v) is 4.60. The van der Waals surface area contributed by atoms with Gasteiger partial charge in [-0.25, -0.2) is 0 Å². The fourth-order valence-corrected chi connectivity index (χ4v) is 2.32. The molecule has 0 radical (unpaired) electrons. The molecule has 0 aliphatic carbocycles. The van der Waals surface area contributed by atoms with Crippen molar-refractivity contribution in [2.24, 2.45) is 5.73 Å². The van der Waals surface area contributed by atoms with E-state index in [4.69, 9.17) is 11.0 Å². The molecule has 2 rings (SSSR count). The van der Waals surface area contributed by atoms with Crippen LogP contribution in [0.1, 0.15) is 35.2 Å². The zero-order valence-corrected chi connectivity index (χ0v) is 10.5. The third kappa shape index (κ3) is 2.74. The van der Waals surface area contributed by atoms with Gasteiger partial charge < -0.3 is 10.6 Å². The van der Waals surface area contributed by atoms with Crippen molar-refractivity contribution in [1.29, 1.82) is 5.26 Å². The summed E-state index contributed by atoms with van der Waals surface area (Å²) in [6.45, 7) is 0.548. The van der Waals surface area contributed by atoms with Gasteiger partial charge in [0.1, 0.15) is 6.04 Å². The third-order valence-electron chi connectivity index (χ3n) is 3.35. The van der Waals surface area contributed by atoms with Crippen molar-refractivity contribution in [1.82, 2.24) is 4.90 Å². The van der Waals surface area contributed by atoms with E-state index in [9.17, 15) is 9.59 Å². The monoisotopic (exact) mass is 257 g/mol. The molecular formula is C14H15N3O2. The summed E-state index contributed by atoms with van der Waals surface area (Å²) >= 11 is 0. The van der Waals surface area contributed by atoms with Crippen LogP contribution in [0, 0.1) is 11.3 Å².